The van der Waals surface area contributed by atoms with Crippen molar-refractivity contribution in [3.8, 4) is 0 Å². The lowest BCUT2D eigenvalue weighted by atomic mass is 10.2. The van der Waals surface area contributed by atoms with Gasteiger partial charge < -0.3 is 15.2 Å². The van der Waals surface area contributed by atoms with Crippen LogP contribution in [0, 0.1) is 0 Å². The summed E-state index contributed by atoms with van der Waals surface area (Å²) in [6.45, 7) is 2.11. The first-order chi connectivity index (χ1) is 7.61. The number of esters is 1. The van der Waals surface area contributed by atoms with Crippen LogP contribution in [0.15, 0.2) is 0 Å². The van der Waals surface area contributed by atoms with Crippen LogP contribution in [0.25, 0.3) is 0 Å². The maximum atomic E-state index is 11.2. The van der Waals surface area contributed by atoms with Crippen molar-refractivity contribution in [2.45, 2.75) is 32.2 Å². The van der Waals surface area contributed by atoms with E-state index >= 15 is 0 Å². The number of methoxy groups -OCH3 is 1. The van der Waals surface area contributed by atoms with E-state index < -0.39 is 18.1 Å². The fraction of sp³-hybridized carbons (Fsp3) is 0.800. The number of hydrogen-bond donors (Lipinski definition) is 2. The van der Waals surface area contributed by atoms with Gasteiger partial charge in [-0.05, 0) is 24.3 Å². The zero-order valence-electron chi connectivity index (χ0n) is 9.69. The molecule has 6 heteroatoms. The van der Waals surface area contributed by atoms with E-state index in [9.17, 15) is 9.59 Å². The molecule has 0 aromatic carbocycles. The number of nitrogens with one attached hydrogen (secondary N) is 1. The van der Waals surface area contributed by atoms with Gasteiger partial charge in [0, 0.05) is 0 Å². The van der Waals surface area contributed by atoms with Crippen LogP contribution in [0.4, 0.5) is 4.79 Å². The Labute approximate surface area is 99.9 Å². The zero-order chi connectivity index (χ0) is 12.4. The average Bonchev–Trinajstić information content (AvgIpc) is 2.25. The van der Waals surface area contributed by atoms with Crippen molar-refractivity contribution in [1.82, 2.24) is 5.32 Å². The SMILES string of the molecule is CCCCSCCC(NC(=O)O)C(=O)OC. The van der Waals surface area contributed by atoms with Gasteiger partial charge in [-0.25, -0.2) is 9.59 Å². The fourth-order valence-electron chi connectivity index (χ4n) is 1.09. The van der Waals surface area contributed by atoms with Gasteiger partial charge in [0.2, 0.25) is 0 Å². The number of carbonyl (C=O) groups is 2. The molecule has 0 saturated carbocycles. The number of ether oxygens (including phenoxy) is 1. The Kier molecular flexibility index (Phi) is 8.80. The van der Waals surface area contributed by atoms with Crippen molar-refractivity contribution < 1.29 is 19.4 Å². The van der Waals surface area contributed by atoms with Gasteiger partial charge >= 0.3 is 12.1 Å². The summed E-state index contributed by atoms with van der Waals surface area (Å²) in [7, 11) is 1.25. The van der Waals surface area contributed by atoms with E-state index in [2.05, 4.69) is 17.0 Å². The van der Waals surface area contributed by atoms with Gasteiger partial charge in [-0.1, -0.05) is 13.3 Å². The lowest BCUT2D eigenvalue weighted by molar-refractivity contribution is -0.143. The first kappa shape index (κ1) is 15.1. The summed E-state index contributed by atoms with van der Waals surface area (Å²) in [6, 6.07) is -0.753. The summed E-state index contributed by atoms with van der Waals surface area (Å²) in [6.07, 6.45) is 1.54. The minimum atomic E-state index is -1.20. The molecule has 1 amide bonds. The fourth-order valence-corrected chi connectivity index (χ4v) is 2.19. The van der Waals surface area contributed by atoms with Gasteiger partial charge in [0.05, 0.1) is 7.11 Å². The van der Waals surface area contributed by atoms with Crippen LogP contribution in [0.2, 0.25) is 0 Å². The lowest BCUT2D eigenvalue weighted by Gasteiger charge is -2.13. The van der Waals surface area contributed by atoms with Crippen LogP contribution in [-0.4, -0.2) is 41.8 Å². The van der Waals surface area contributed by atoms with E-state index in [-0.39, 0.29) is 0 Å². The molecule has 16 heavy (non-hydrogen) atoms. The van der Waals surface area contributed by atoms with Gasteiger partial charge in [0.15, 0.2) is 0 Å². The maximum Gasteiger partial charge on any atom is 0.405 e. The van der Waals surface area contributed by atoms with Crippen LogP contribution in [0.3, 0.4) is 0 Å². The normalized spacial score (nSPS) is 11.9. The van der Waals surface area contributed by atoms with Crippen molar-refractivity contribution in [2.24, 2.45) is 0 Å². The molecule has 0 fully saturated rings. The van der Waals surface area contributed by atoms with Gasteiger partial charge in [-0.3, -0.25) is 0 Å². The Bertz CT molecular complexity index is 223. The molecule has 0 bridgehead atoms. The number of hydrogen-bond acceptors (Lipinski definition) is 4. The smallest absolute Gasteiger partial charge is 0.405 e. The van der Waals surface area contributed by atoms with Crippen LogP contribution < -0.4 is 5.32 Å². The second-order valence-electron chi connectivity index (χ2n) is 3.28. The van der Waals surface area contributed by atoms with E-state index in [1.807, 2.05) is 0 Å². The third kappa shape index (κ3) is 7.39. The minimum absolute atomic E-state index is 0.466. The second-order valence-corrected chi connectivity index (χ2v) is 4.50. The van der Waals surface area contributed by atoms with E-state index in [4.69, 9.17) is 5.11 Å². The Hall–Kier alpha value is -0.910. The quantitative estimate of drug-likeness (QED) is 0.506. The molecule has 0 aliphatic rings. The second kappa shape index (κ2) is 9.33. The third-order valence-corrected chi connectivity index (χ3v) is 3.08. The van der Waals surface area contributed by atoms with E-state index in [0.717, 1.165) is 24.3 Å². The van der Waals surface area contributed by atoms with Crippen LogP contribution in [0.5, 0.6) is 0 Å². The topological polar surface area (TPSA) is 75.6 Å². The molecule has 0 heterocycles. The summed E-state index contributed by atoms with van der Waals surface area (Å²) < 4.78 is 4.52. The van der Waals surface area contributed by atoms with Crippen LogP contribution in [-0.2, 0) is 9.53 Å². The predicted molar refractivity (Wildman–Crippen MR) is 63.8 cm³/mol. The number of thioether (sulfide) groups is 1. The molecule has 94 valence electrons. The summed E-state index contributed by atoms with van der Waals surface area (Å²) in [5.41, 5.74) is 0. The summed E-state index contributed by atoms with van der Waals surface area (Å²) in [5, 5.41) is 10.7. The van der Waals surface area contributed by atoms with Crippen molar-refractivity contribution in [3.05, 3.63) is 0 Å². The molecule has 0 spiro atoms. The summed E-state index contributed by atoms with van der Waals surface area (Å²) in [5.74, 6) is 1.26. The highest BCUT2D eigenvalue weighted by molar-refractivity contribution is 7.99. The Balaban J connectivity index is 3.83. The maximum absolute atomic E-state index is 11.2. The van der Waals surface area contributed by atoms with Gasteiger partial charge in [-0.15, -0.1) is 0 Å². The monoisotopic (exact) mass is 249 g/mol. The van der Waals surface area contributed by atoms with Crippen LogP contribution >= 0.6 is 11.8 Å². The lowest BCUT2D eigenvalue weighted by Crippen LogP contribution is -2.41. The van der Waals surface area contributed by atoms with E-state index in [0.29, 0.717) is 6.42 Å². The largest absolute Gasteiger partial charge is 0.467 e. The Morgan fingerprint density at radius 1 is 1.44 bits per heavy atom. The van der Waals surface area contributed by atoms with E-state index in [1.54, 1.807) is 11.8 Å². The number of rotatable bonds is 8. The standard InChI is InChI=1S/C10H19NO4S/c1-3-4-6-16-7-5-8(9(12)15-2)11-10(13)14/h8,11H,3-7H2,1-2H3,(H,13,14). The molecule has 5 nitrogen and oxygen atoms in total. The minimum Gasteiger partial charge on any atom is -0.467 e. The molecule has 1 atom stereocenters. The molecule has 0 aliphatic carbocycles. The average molecular weight is 249 g/mol. The van der Waals surface area contributed by atoms with Gasteiger partial charge in [0.25, 0.3) is 0 Å². The highest BCUT2D eigenvalue weighted by Crippen LogP contribution is 2.08. The van der Waals surface area contributed by atoms with E-state index in [1.165, 1.54) is 7.11 Å². The predicted octanol–water partition coefficient (Wildman–Crippen LogP) is 1.72. The molecule has 0 saturated heterocycles. The highest BCUT2D eigenvalue weighted by atomic mass is 32.2. The summed E-state index contributed by atoms with van der Waals surface area (Å²) in [4.78, 5) is 21.6. The molecular formula is C10H19NO4S. The Morgan fingerprint density at radius 3 is 2.62 bits per heavy atom. The van der Waals surface area contributed by atoms with Gasteiger partial charge in [0.1, 0.15) is 6.04 Å². The molecule has 0 rings (SSSR count). The first-order valence-corrected chi connectivity index (χ1v) is 6.42. The first-order valence-electron chi connectivity index (χ1n) is 5.26. The number of unbranched alkanes of at least 4 members (excludes halogenated alkanes) is 1. The molecular weight excluding hydrogens is 230 g/mol. The van der Waals surface area contributed by atoms with Crippen molar-refractivity contribution in [1.29, 1.82) is 0 Å². The molecule has 0 radical (unpaired) electrons. The highest BCUT2D eigenvalue weighted by Gasteiger charge is 2.20. The molecule has 1 unspecified atom stereocenters. The number of carboxylic acid groups (broad SMARTS) is 1. The zero-order valence-corrected chi connectivity index (χ0v) is 10.5. The molecule has 0 aromatic rings. The van der Waals surface area contributed by atoms with Crippen molar-refractivity contribution >= 4 is 23.8 Å². The molecule has 2 N–H and O–H groups in total. The van der Waals surface area contributed by atoms with Gasteiger partial charge in [-0.2, -0.15) is 11.8 Å². The number of amides is 1. The third-order valence-electron chi connectivity index (χ3n) is 1.98. The summed E-state index contributed by atoms with van der Waals surface area (Å²) >= 11 is 1.72. The number of carbonyl (C=O) groups excluding carboxylic acids is 1. The van der Waals surface area contributed by atoms with Crippen molar-refractivity contribution in [3.63, 3.8) is 0 Å². The molecule has 0 aromatic heterocycles. The molecule has 0 aliphatic heterocycles. The Morgan fingerprint density at radius 2 is 2.12 bits per heavy atom. The van der Waals surface area contributed by atoms with Crippen molar-refractivity contribution in [2.75, 3.05) is 18.6 Å². The van der Waals surface area contributed by atoms with Crippen LogP contribution in [0.1, 0.15) is 26.2 Å².